The standard InChI is InChI=1S/C16H18N4O7/c1-9-4-5-10(20(25)26)6-11(9)17-12(21)8-27-13(22)7-19-14(23)16(2,3)18-15(19)24/h4-6H,7-8H2,1-3H3,(H,17,21)(H,18,24). The van der Waals surface area contributed by atoms with Crippen LogP contribution in [0.1, 0.15) is 19.4 Å². The number of urea groups is 1. The van der Waals surface area contributed by atoms with Crippen molar-refractivity contribution < 1.29 is 28.8 Å². The van der Waals surface area contributed by atoms with Gasteiger partial charge in [0.05, 0.1) is 10.6 Å². The monoisotopic (exact) mass is 378 g/mol. The third-order valence-electron chi connectivity index (χ3n) is 3.80. The smallest absolute Gasteiger partial charge is 0.326 e. The molecule has 11 nitrogen and oxygen atoms in total. The Morgan fingerprint density at radius 2 is 2.00 bits per heavy atom. The zero-order valence-electron chi connectivity index (χ0n) is 14.9. The van der Waals surface area contributed by atoms with Gasteiger partial charge in [0.25, 0.3) is 17.5 Å². The van der Waals surface area contributed by atoms with Crippen LogP contribution in [0.4, 0.5) is 16.2 Å². The van der Waals surface area contributed by atoms with Gasteiger partial charge in [-0.15, -0.1) is 0 Å². The molecule has 0 atom stereocenters. The Hall–Kier alpha value is -3.50. The summed E-state index contributed by atoms with van der Waals surface area (Å²) < 4.78 is 4.76. The molecule has 144 valence electrons. The van der Waals surface area contributed by atoms with Crippen LogP contribution in [-0.4, -0.2) is 52.3 Å². The topological polar surface area (TPSA) is 148 Å². The zero-order valence-corrected chi connectivity index (χ0v) is 14.9. The summed E-state index contributed by atoms with van der Waals surface area (Å²) in [5, 5.41) is 15.6. The maximum atomic E-state index is 12.0. The summed E-state index contributed by atoms with van der Waals surface area (Å²) in [6, 6.07) is 3.23. The van der Waals surface area contributed by atoms with Crippen molar-refractivity contribution in [2.45, 2.75) is 26.3 Å². The van der Waals surface area contributed by atoms with Crippen molar-refractivity contribution in [1.29, 1.82) is 0 Å². The predicted molar refractivity (Wildman–Crippen MR) is 91.7 cm³/mol. The fourth-order valence-electron chi connectivity index (χ4n) is 2.33. The number of nitro groups is 1. The van der Waals surface area contributed by atoms with Crippen LogP contribution in [0.3, 0.4) is 0 Å². The molecule has 1 aliphatic heterocycles. The van der Waals surface area contributed by atoms with Gasteiger partial charge >= 0.3 is 12.0 Å². The average Bonchev–Trinajstić information content (AvgIpc) is 2.76. The Morgan fingerprint density at radius 1 is 1.33 bits per heavy atom. The molecule has 0 aliphatic carbocycles. The number of ether oxygens (including phenoxy) is 1. The number of carbonyl (C=O) groups excluding carboxylic acids is 4. The lowest BCUT2D eigenvalue weighted by Gasteiger charge is -2.15. The average molecular weight is 378 g/mol. The van der Waals surface area contributed by atoms with Crippen LogP contribution in [0.15, 0.2) is 18.2 Å². The van der Waals surface area contributed by atoms with E-state index in [4.69, 9.17) is 4.74 Å². The first-order valence-electron chi connectivity index (χ1n) is 7.86. The van der Waals surface area contributed by atoms with E-state index in [0.717, 1.165) is 0 Å². The summed E-state index contributed by atoms with van der Waals surface area (Å²) in [6.45, 7) is 3.33. The Kier molecular flexibility index (Phi) is 5.43. The number of imide groups is 1. The SMILES string of the molecule is Cc1ccc([N+](=O)[O-])cc1NC(=O)COC(=O)CN1C(=O)NC(C)(C)C1=O. The number of aryl methyl sites for hydroxylation is 1. The maximum Gasteiger partial charge on any atom is 0.326 e. The number of hydrogen-bond donors (Lipinski definition) is 2. The van der Waals surface area contributed by atoms with Gasteiger partial charge in [-0.25, -0.2) is 4.79 Å². The molecule has 0 unspecified atom stereocenters. The highest BCUT2D eigenvalue weighted by Gasteiger charge is 2.45. The van der Waals surface area contributed by atoms with Gasteiger partial charge in [0.1, 0.15) is 12.1 Å². The minimum absolute atomic E-state index is 0.200. The molecule has 0 saturated carbocycles. The van der Waals surface area contributed by atoms with Crippen LogP contribution in [0, 0.1) is 17.0 Å². The summed E-state index contributed by atoms with van der Waals surface area (Å²) in [6.07, 6.45) is 0. The molecule has 1 heterocycles. The molecule has 27 heavy (non-hydrogen) atoms. The normalized spacial score (nSPS) is 15.3. The number of esters is 1. The summed E-state index contributed by atoms with van der Waals surface area (Å²) in [5.74, 6) is -2.24. The second-order valence-corrected chi connectivity index (χ2v) is 6.41. The summed E-state index contributed by atoms with van der Waals surface area (Å²) >= 11 is 0. The van der Waals surface area contributed by atoms with Crippen molar-refractivity contribution >= 4 is 35.2 Å². The van der Waals surface area contributed by atoms with E-state index in [0.29, 0.717) is 10.5 Å². The molecule has 1 saturated heterocycles. The molecule has 1 aliphatic rings. The number of anilines is 1. The van der Waals surface area contributed by atoms with E-state index >= 15 is 0 Å². The van der Waals surface area contributed by atoms with Crippen LogP contribution < -0.4 is 10.6 Å². The van der Waals surface area contributed by atoms with E-state index in [-0.39, 0.29) is 11.4 Å². The minimum atomic E-state index is -1.12. The largest absolute Gasteiger partial charge is 0.454 e. The number of nitro benzene ring substituents is 1. The lowest BCUT2D eigenvalue weighted by Crippen LogP contribution is -2.41. The van der Waals surface area contributed by atoms with E-state index in [2.05, 4.69) is 10.6 Å². The lowest BCUT2D eigenvalue weighted by molar-refractivity contribution is -0.384. The third-order valence-corrected chi connectivity index (χ3v) is 3.80. The quantitative estimate of drug-likeness (QED) is 0.320. The van der Waals surface area contributed by atoms with Crippen molar-refractivity contribution in [2.24, 2.45) is 0 Å². The number of benzene rings is 1. The molecule has 1 fully saturated rings. The number of rotatable bonds is 6. The van der Waals surface area contributed by atoms with Gasteiger partial charge in [-0.05, 0) is 26.3 Å². The highest BCUT2D eigenvalue weighted by molar-refractivity contribution is 6.08. The van der Waals surface area contributed by atoms with Crippen LogP contribution in [0.25, 0.3) is 0 Å². The van der Waals surface area contributed by atoms with E-state index < -0.39 is 47.4 Å². The molecule has 0 bridgehead atoms. The van der Waals surface area contributed by atoms with Gasteiger partial charge in [-0.3, -0.25) is 29.4 Å². The maximum absolute atomic E-state index is 12.0. The van der Waals surface area contributed by atoms with Gasteiger partial charge < -0.3 is 15.4 Å². The zero-order chi connectivity index (χ0) is 20.4. The second kappa shape index (κ2) is 7.40. The van der Waals surface area contributed by atoms with Gasteiger partial charge in [0.15, 0.2) is 6.61 Å². The van der Waals surface area contributed by atoms with Crippen LogP contribution in [0.5, 0.6) is 0 Å². The highest BCUT2D eigenvalue weighted by Crippen LogP contribution is 2.21. The van der Waals surface area contributed by atoms with Gasteiger partial charge in [0, 0.05) is 12.1 Å². The molecule has 4 amide bonds. The van der Waals surface area contributed by atoms with Crippen molar-refractivity contribution in [1.82, 2.24) is 10.2 Å². The molecular formula is C16H18N4O7. The van der Waals surface area contributed by atoms with E-state index in [1.54, 1.807) is 6.92 Å². The third kappa shape index (κ3) is 4.57. The summed E-state index contributed by atoms with van der Waals surface area (Å²) in [5.41, 5.74) is -0.522. The fraction of sp³-hybridized carbons (Fsp3) is 0.375. The number of hydrogen-bond acceptors (Lipinski definition) is 7. The molecular weight excluding hydrogens is 360 g/mol. The van der Waals surface area contributed by atoms with Gasteiger partial charge in [0.2, 0.25) is 0 Å². The number of nitrogens with zero attached hydrogens (tertiary/aromatic N) is 2. The number of non-ortho nitro benzene ring substituents is 1. The van der Waals surface area contributed by atoms with Crippen LogP contribution in [-0.2, 0) is 19.1 Å². The molecule has 1 aromatic carbocycles. The molecule has 0 aromatic heterocycles. The van der Waals surface area contributed by atoms with Crippen LogP contribution in [0.2, 0.25) is 0 Å². The molecule has 1 aromatic rings. The molecule has 11 heteroatoms. The predicted octanol–water partition coefficient (Wildman–Crippen LogP) is 0.715. The van der Waals surface area contributed by atoms with Crippen molar-refractivity contribution in [3.63, 3.8) is 0 Å². The van der Waals surface area contributed by atoms with E-state index in [1.165, 1.54) is 32.0 Å². The van der Waals surface area contributed by atoms with Crippen LogP contribution >= 0.6 is 0 Å². The Bertz CT molecular complexity index is 834. The van der Waals surface area contributed by atoms with Crippen molar-refractivity contribution in [3.8, 4) is 0 Å². The Labute approximate surface area is 153 Å². The van der Waals surface area contributed by atoms with E-state index in [1.807, 2.05) is 0 Å². The number of amides is 4. The molecule has 2 rings (SSSR count). The Morgan fingerprint density at radius 3 is 2.56 bits per heavy atom. The first-order valence-corrected chi connectivity index (χ1v) is 7.86. The summed E-state index contributed by atoms with van der Waals surface area (Å²) in [7, 11) is 0. The summed E-state index contributed by atoms with van der Waals surface area (Å²) in [4.78, 5) is 58.3. The molecule has 0 radical (unpaired) electrons. The number of nitrogens with one attached hydrogen (secondary N) is 2. The van der Waals surface area contributed by atoms with E-state index in [9.17, 15) is 29.3 Å². The first kappa shape index (κ1) is 19.8. The van der Waals surface area contributed by atoms with Gasteiger partial charge in [-0.2, -0.15) is 0 Å². The number of carbonyl (C=O) groups is 4. The molecule has 2 N–H and O–H groups in total. The van der Waals surface area contributed by atoms with Crippen molar-refractivity contribution in [3.05, 3.63) is 33.9 Å². The highest BCUT2D eigenvalue weighted by atomic mass is 16.6. The van der Waals surface area contributed by atoms with Gasteiger partial charge in [-0.1, -0.05) is 6.07 Å². The fourth-order valence-corrected chi connectivity index (χ4v) is 2.33. The first-order chi connectivity index (χ1) is 12.5. The molecule has 0 spiro atoms. The Balaban J connectivity index is 1.90. The van der Waals surface area contributed by atoms with Crippen molar-refractivity contribution in [2.75, 3.05) is 18.5 Å². The second-order valence-electron chi connectivity index (χ2n) is 6.41. The minimum Gasteiger partial charge on any atom is -0.454 e. The lowest BCUT2D eigenvalue weighted by atomic mass is 10.1.